The lowest BCUT2D eigenvalue weighted by Crippen LogP contribution is -2.15. The Bertz CT molecular complexity index is 463. The zero-order chi connectivity index (χ0) is 10.8. The number of carbonyl (C=O) groups excluding carboxylic acids is 1. The van der Waals surface area contributed by atoms with Gasteiger partial charge < -0.3 is 5.11 Å². The molecule has 1 heterocycles. The molecule has 1 aliphatic heterocycles. The maximum Gasteiger partial charge on any atom is 0.279 e. The summed E-state index contributed by atoms with van der Waals surface area (Å²) in [6.07, 6.45) is 1.21. The molecule has 0 radical (unpaired) electrons. The molecule has 0 aromatic heterocycles. The maximum atomic E-state index is 11.5. The third-order valence-electron chi connectivity index (χ3n) is 2.39. The van der Waals surface area contributed by atoms with E-state index in [1.165, 1.54) is 6.20 Å². The highest BCUT2D eigenvalue weighted by molar-refractivity contribution is 5.87. The van der Waals surface area contributed by atoms with Crippen LogP contribution in [-0.2, 0) is 4.79 Å². The van der Waals surface area contributed by atoms with Gasteiger partial charge in [-0.1, -0.05) is 24.3 Å². The van der Waals surface area contributed by atoms with E-state index in [0.717, 1.165) is 11.1 Å². The van der Waals surface area contributed by atoms with Gasteiger partial charge in [-0.15, -0.1) is 5.11 Å². The zero-order valence-corrected chi connectivity index (χ0v) is 8.21. The number of aliphatic hydroxyl groups excluding tert-OH is 1. The fraction of sp³-hybridized carbons (Fsp3) is 0.182. The van der Waals surface area contributed by atoms with Gasteiger partial charge in [-0.05, 0) is 18.1 Å². The van der Waals surface area contributed by atoms with Crippen LogP contribution in [0.1, 0.15) is 17.0 Å². The first kappa shape index (κ1) is 9.58. The molecule has 1 unspecified atom stereocenters. The van der Waals surface area contributed by atoms with Gasteiger partial charge in [0.1, 0.15) is 11.7 Å². The quantitative estimate of drug-likeness (QED) is 0.760. The third-order valence-corrected chi connectivity index (χ3v) is 2.39. The molecule has 0 saturated carbocycles. The fourth-order valence-electron chi connectivity index (χ4n) is 1.61. The summed E-state index contributed by atoms with van der Waals surface area (Å²) in [5, 5.41) is 16.4. The van der Waals surface area contributed by atoms with Crippen LogP contribution in [0.5, 0.6) is 0 Å². The Morgan fingerprint density at radius 1 is 1.33 bits per heavy atom. The van der Waals surface area contributed by atoms with Gasteiger partial charge in [0, 0.05) is 0 Å². The van der Waals surface area contributed by atoms with Crippen LogP contribution in [0, 0.1) is 6.92 Å². The standard InChI is InChI=1S/C11H10N2O2/c1-7-4-2-3-5-8(7)10-9(14)6-12-13-11(10)15/h2-6,10,14H,1H3. The van der Waals surface area contributed by atoms with Crippen molar-refractivity contribution in [1.29, 1.82) is 0 Å². The molecule has 1 aromatic rings. The first-order valence-corrected chi connectivity index (χ1v) is 4.59. The Morgan fingerprint density at radius 2 is 2.07 bits per heavy atom. The van der Waals surface area contributed by atoms with Crippen molar-refractivity contribution in [1.82, 2.24) is 0 Å². The zero-order valence-electron chi connectivity index (χ0n) is 8.21. The highest BCUT2D eigenvalue weighted by atomic mass is 16.3. The Hall–Kier alpha value is -1.97. The topological polar surface area (TPSA) is 62.0 Å². The normalized spacial score (nSPS) is 20.2. The maximum absolute atomic E-state index is 11.5. The molecule has 1 N–H and O–H groups in total. The monoisotopic (exact) mass is 202 g/mol. The van der Waals surface area contributed by atoms with Crippen molar-refractivity contribution in [2.75, 3.05) is 0 Å². The summed E-state index contributed by atoms with van der Waals surface area (Å²) in [5.74, 6) is -1.17. The molecular formula is C11H10N2O2. The summed E-state index contributed by atoms with van der Waals surface area (Å²) in [4.78, 5) is 11.5. The van der Waals surface area contributed by atoms with Gasteiger partial charge in [-0.2, -0.15) is 5.11 Å². The molecule has 1 aromatic carbocycles. The average Bonchev–Trinajstić information content (AvgIpc) is 2.20. The van der Waals surface area contributed by atoms with Gasteiger partial charge in [0.2, 0.25) is 0 Å². The van der Waals surface area contributed by atoms with Crippen molar-refractivity contribution in [3.05, 3.63) is 47.4 Å². The number of aryl methyl sites for hydroxylation is 1. The second-order valence-electron chi connectivity index (χ2n) is 3.40. The second-order valence-corrected chi connectivity index (χ2v) is 3.40. The first-order chi connectivity index (χ1) is 7.20. The minimum atomic E-state index is -0.691. The molecule has 0 saturated heterocycles. The van der Waals surface area contributed by atoms with Crippen molar-refractivity contribution in [3.8, 4) is 0 Å². The number of carbonyl (C=O) groups is 1. The van der Waals surface area contributed by atoms with Crippen LogP contribution >= 0.6 is 0 Å². The largest absolute Gasteiger partial charge is 0.509 e. The van der Waals surface area contributed by atoms with Crippen molar-refractivity contribution in [3.63, 3.8) is 0 Å². The van der Waals surface area contributed by atoms with Crippen LogP contribution in [0.2, 0.25) is 0 Å². The van der Waals surface area contributed by atoms with Gasteiger partial charge in [-0.3, -0.25) is 4.79 Å². The van der Waals surface area contributed by atoms with Crippen LogP contribution in [-0.4, -0.2) is 11.0 Å². The van der Waals surface area contributed by atoms with Crippen molar-refractivity contribution < 1.29 is 9.90 Å². The molecule has 4 nitrogen and oxygen atoms in total. The Labute approximate surface area is 87.0 Å². The highest BCUT2D eigenvalue weighted by Crippen LogP contribution is 2.29. The molecule has 0 aliphatic carbocycles. The van der Waals surface area contributed by atoms with Crippen molar-refractivity contribution >= 4 is 5.91 Å². The summed E-state index contributed by atoms with van der Waals surface area (Å²) in [6, 6.07) is 7.41. The summed E-state index contributed by atoms with van der Waals surface area (Å²) >= 11 is 0. The third kappa shape index (κ3) is 1.66. The number of aliphatic hydroxyl groups is 1. The van der Waals surface area contributed by atoms with Gasteiger partial charge >= 0.3 is 0 Å². The summed E-state index contributed by atoms with van der Waals surface area (Å²) in [7, 11) is 0. The van der Waals surface area contributed by atoms with Crippen LogP contribution in [0.15, 0.2) is 46.5 Å². The number of rotatable bonds is 1. The number of hydrogen-bond acceptors (Lipinski definition) is 3. The van der Waals surface area contributed by atoms with Crippen LogP contribution in [0.3, 0.4) is 0 Å². The molecule has 4 heteroatoms. The Morgan fingerprint density at radius 3 is 2.73 bits per heavy atom. The van der Waals surface area contributed by atoms with E-state index in [2.05, 4.69) is 10.2 Å². The predicted octanol–water partition coefficient (Wildman–Crippen LogP) is 2.47. The number of benzene rings is 1. The number of amides is 1. The van der Waals surface area contributed by atoms with Crippen LogP contribution in [0.4, 0.5) is 0 Å². The van der Waals surface area contributed by atoms with E-state index in [4.69, 9.17) is 0 Å². The molecule has 1 atom stereocenters. The Kier molecular flexibility index (Phi) is 2.33. The fourth-order valence-corrected chi connectivity index (χ4v) is 1.61. The SMILES string of the molecule is Cc1ccccc1C1C(=O)N=NC=C1O. The lowest BCUT2D eigenvalue weighted by atomic mass is 9.92. The van der Waals surface area contributed by atoms with Crippen molar-refractivity contribution in [2.24, 2.45) is 10.2 Å². The van der Waals surface area contributed by atoms with Gasteiger partial charge in [-0.25, -0.2) is 0 Å². The number of azo groups is 1. The van der Waals surface area contributed by atoms with E-state index in [1.54, 1.807) is 0 Å². The molecule has 1 aliphatic rings. The minimum Gasteiger partial charge on any atom is -0.509 e. The van der Waals surface area contributed by atoms with Gasteiger partial charge in [0.15, 0.2) is 0 Å². The summed E-state index contributed by atoms with van der Waals surface area (Å²) in [6.45, 7) is 1.89. The molecule has 1 amide bonds. The lowest BCUT2D eigenvalue weighted by Gasteiger charge is -2.16. The molecule has 0 spiro atoms. The summed E-state index contributed by atoms with van der Waals surface area (Å²) in [5.41, 5.74) is 1.72. The number of hydrogen-bond donors (Lipinski definition) is 1. The molecule has 0 bridgehead atoms. The first-order valence-electron chi connectivity index (χ1n) is 4.59. The highest BCUT2D eigenvalue weighted by Gasteiger charge is 2.28. The molecule has 76 valence electrons. The van der Waals surface area contributed by atoms with Gasteiger partial charge in [0.05, 0.1) is 6.20 Å². The summed E-state index contributed by atoms with van der Waals surface area (Å²) < 4.78 is 0. The van der Waals surface area contributed by atoms with E-state index in [0.29, 0.717) is 0 Å². The van der Waals surface area contributed by atoms with Crippen LogP contribution < -0.4 is 0 Å². The molecule has 15 heavy (non-hydrogen) atoms. The average molecular weight is 202 g/mol. The van der Waals surface area contributed by atoms with E-state index in [1.807, 2.05) is 31.2 Å². The van der Waals surface area contributed by atoms with E-state index < -0.39 is 11.8 Å². The smallest absolute Gasteiger partial charge is 0.279 e. The Balaban J connectivity index is 2.48. The minimum absolute atomic E-state index is 0.0516. The van der Waals surface area contributed by atoms with Gasteiger partial charge in [0.25, 0.3) is 5.91 Å². The number of nitrogens with zero attached hydrogens (tertiary/aromatic N) is 2. The predicted molar refractivity (Wildman–Crippen MR) is 54.5 cm³/mol. The van der Waals surface area contributed by atoms with E-state index in [-0.39, 0.29) is 5.76 Å². The van der Waals surface area contributed by atoms with E-state index in [9.17, 15) is 9.90 Å². The lowest BCUT2D eigenvalue weighted by molar-refractivity contribution is -0.119. The van der Waals surface area contributed by atoms with E-state index >= 15 is 0 Å². The van der Waals surface area contributed by atoms with Crippen LogP contribution in [0.25, 0.3) is 0 Å². The molecule has 2 rings (SSSR count). The molecular weight excluding hydrogens is 192 g/mol. The molecule has 0 fully saturated rings. The van der Waals surface area contributed by atoms with Crippen molar-refractivity contribution in [2.45, 2.75) is 12.8 Å². The second kappa shape index (κ2) is 3.65.